The Morgan fingerprint density at radius 2 is 1.28 bits per heavy atom. The van der Waals surface area contributed by atoms with Crippen LogP contribution >= 0.6 is 17.2 Å². The molecule has 0 saturated heterocycles. The standard InChI is InChI=1S/C25H46O5P2/c1-18(2)14-12-10-11-13-15-22(29-32(28)30-31(26)27)23-20(24(4,5)6)16-19(3)17-21(23)25(7,8)9/h16-18,22,26-28H,10-15H2,1-9H3. The highest BCUT2D eigenvalue weighted by Gasteiger charge is 2.32. The molecule has 186 valence electrons. The lowest BCUT2D eigenvalue weighted by molar-refractivity contribution is 0.157. The summed E-state index contributed by atoms with van der Waals surface area (Å²) in [5, 5.41) is 0. The third-order valence-corrected chi connectivity index (χ3v) is 7.20. The molecule has 0 saturated carbocycles. The number of hydrogen-bond donors (Lipinski definition) is 3. The van der Waals surface area contributed by atoms with E-state index < -0.39 is 17.2 Å². The van der Waals surface area contributed by atoms with Gasteiger partial charge in [-0.15, -0.1) is 0 Å². The number of aryl methyl sites for hydroxylation is 1. The molecule has 0 bridgehead atoms. The molecule has 5 nitrogen and oxygen atoms in total. The van der Waals surface area contributed by atoms with Crippen LogP contribution in [0.15, 0.2) is 12.1 Å². The van der Waals surface area contributed by atoms with Crippen LogP contribution in [-0.2, 0) is 19.7 Å². The Hall–Kier alpha value is -0.120. The van der Waals surface area contributed by atoms with Crippen LogP contribution in [0.4, 0.5) is 0 Å². The molecule has 0 spiro atoms. The van der Waals surface area contributed by atoms with Gasteiger partial charge >= 0.3 is 17.2 Å². The Kier molecular flexibility index (Phi) is 12.2. The first-order chi connectivity index (χ1) is 14.6. The van der Waals surface area contributed by atoms with Crippen LogP contribution in [0.3, 0.4) is 0 Å². The molecule has 0 aromatic heterocycles. The zero-order valence-electron chi connectivity index (χ0n) is 21.6. The Balaban J connectivity index is 3.31. The summed E-state index contributed by atoms with van der Waals surface area (Å²) in [4.78, 5) is 28.7. The fraction of sp³-hybridized carbons (Fsp3) is 0.760. The fourth-order valence-corrected chi connectivity index (χ4v) is 5.14. The van der Waals surface area contributed by atoms with E-state index in [0.29, 0.717) is 0 Å². The van der Waals surface area contributed by atoms with E-state index in [9.17, 15) is 14.7 Å². The summed E-state index contributed by atoms with van der Waals surface area (Å²) in [6.07, 6.45) is 6.09. The van der Waals surface area contributed by atoms with E-state index in [1.165, 1.54) is 36.0 Å². The van der Waals surface area contributed by atoms with Crippen LogP contribution in [0.5, 0.6) is 0 Å². The van der Waals surface area contributed by atoms with Crippen molar-refractivity contribution in [3.63, 3.8) is 0 Å². The first-order valence-electron chi connectivity index (χ1n) is 11.8. The largest absolute Gasteiger partial charge is 0.337 e. The lowest BCUT2D eigenvalue weighted by Crippen LogP contribution is -2.24. The van der Waals surface area contributed by atoms with E-state index in [1.807, 2.05) is 0 Å². The topological polar surface area (TPSA) is 79.2 Å². The molecule has 0 radical (unpaired) electrons. The highest BCUT2D eigenvalue weighted by Crippen LogP contribution is 2.52. The third-order valence-electron chi connectivity index (χ3n) is 5.62. The molecule has 0 amide bonds. The maximum absolute atomic E-state index is 10.3. The van der Waals surface area contributed by atoms with Crippen molar-refractivity contribution in [3.05, 3.63) is 34.4 Å². The molecule has 0 aliphatic rings. The molecule has 32 heavy (non-hydrogen) atoms. The second kappa shape index (κ2) is 13.1. The Morgan fingerprint density at radius 3 is 1.69 bits per heavy atom. The summed E-state index contributed by atoms with van der Waals surface area (Å²) in [6, 6.07) is 4.43. The van der Waals surface area contributed by atoms with Gasteiger partial charge in [-0.3, -0.25) is 0 Å². The van der Waals surface area contributed by atoms with Crippen molar-refractivity contribution in [2.24, 2.45) is 5.92 Å². The molecule has 1 aromatic rings. The molecule has 0 fully saturated rings. The van der Waals surface area contributed by atoms with E-state index in [0.717, 1.165) is 30.7 Å². The highest BCUT2D eigenvalue weighted by molar-refractivity contribution is 7.54. The summed E-state index contributed by atoms with van der Waals surface area (Å²) in [5.74, 6) is 0.726. The molecule has 2 atom stereocenters. The summed E-state index contributed by atoms with van der Waals surface area (Å²) < 4.78 is 10.8. The Labute approximate surface area is 198 Å². The van der Waals surface area contributed by atoms with Crippen molar-refractivity contribution >= 4 is 17.2 Å². The van der Waals surface area contributed by atoms with Gasteiger partial charge in [-0.1, -0.05) is 105 Å². The smallest absolute Gasteiger partial charge is 0.328 e. The maximum atomic E-state index is 10.3. The Bertz CT molecular complexity index is 658. The lowest BCUT2D eigenvalue weighted by Gasteiger charge is -2.35. The highest BCUT2D eigenvalue weighted by atomic mass is 31.2. The van der Waals surface area contributed by atoms with E-state index >= 15 is 0 Å². The molecule has 3 N–H and O–H groups in total. The monoisotopic (exact) mass is 488 g/mol. The van der Waals surface area contributed by atoms with Gasteiger partial charge in [0.1, 0.15) is 0 Å². The van der Waals surface area contributed by atoms with Crippen molar-refractivity contribution in [2.45, 2.75) is 118 Å². The zero-order valence-corrected chi connectivity index (χ0v) is 23.4. The lowest BCUT2D eigenvalue weighted by atomic mass is 9.73. The van der Waals surface area contributed by atoms with Crippen molar-refractivity contribution in [1.29, 1.82) is 0 Å². The second-order valence-electron chi connectivity index (χ2n) is 11.3. The predicted octanol–water partition coefficient (Wildman–Crippen LogP) is 8.09. The van der Waals surface area contributed by atoms with E-state index in [4.69, 9.17) is 8.83 Å². The van der Waals surface area contributed by atoms with Gasteiger partial charge in [0.2, 0.25) is 0 Å². The SMILES string of the molecule is Cc1cc(C(C)(C)C)c(C(CCCCCCC(C)C)OP(O)OP(O)O)c(C(C)(C)C)c1. The number of unbranched alkanes of at least 4 members (excludes halogenated alkanes) is 3. The molecule has 1 rings (SSSR count). The minimum absolute atomic E-state index is 0.111. The third kappa shape index (κ3) is 10.4. The molecule has 2 unspecified atom stereocenters. The van der Waals surface area contributed by atoms with Crippen molar-refractivity contribution < 1.29 is 23.5 Å². The normalized spacial score (nSPS) is 14.9. The van der Waals surface area contributed by atoms with Crippen molar-refractivity contribution in [1.82, 2.24) is 0 Å². The van der Waals surface area contributed by atoms with Crippen molar-refractivity contribution in [3.8, 4) is 0 Å². The van der Waals surface area contributed by atoms with Crippen LogP contribution in [-0.4, -0.2) is 14.7 Å². The quantitative estimate of drug-likeness (QED) is 0.205. The van der Waals surface area contributed by atoms with Gasteiger partial charge in [0.15, 0.2) is 0 Å². The molecular weight excluding hydrogens is 442 g/mol. The van der Waals surface area contributed by atoms with E-state index in [1.54, 1.807) is 0 Å². The fourth-order valence-electron chi connectivity index (χ4n) is 4.06. The number of benzene rings is 1. The number of rotatable bonds is 12. The average Bonchev–Trinajstić information content (AvgIpc) is 2.60. The molecular formula is C25H46O5P2. The predicted molar refractivity (Wildman–Crippen MR) is 137 cm³/mol. The second-order valence-corrected chi connectivity index (χ2v) is 13.2. The van der Waals surface area contributed by atoms with Crippen LogP contribution in [0.1, 0.15) is 122 Å². The van der Waals surface area contributed by atoms with Gasteiger partial charge in [-0.25, -0.2) is 4.31 Å². The van der Waals surface area contributed by atoms with Gasteiger partial charge in [0, 0.05) is 0 Å². The summed E-state index contributed by atoms with van der Waals surface area (Å²) in [7, 11) is -5.07. The molecule has 0 aliphatic carbocycles. The van der Waals surface area contributed by atoms with Crippen LogP contribution in [0, 0.1) is 12.8 Å². The van der Waals surface area contributed by atoms with Crippen molar-refractivity contribution in [2.75, 3.05) is 0 Å². The average molecular weight is 489 g/mol. The van der Waals surface area contributed by atoms with Gasteiger partial charge in [-0.05, 0) is 46.8 Å². The molecule has 0 aliphatic heterocycles. The van der Waals surface area contributed by atoms with Gasteiger partial charge in [0.05, 0.1) is 6.10 Å². The minimum atomic E-state index is -2.68. The van der Waals surface area contributed by atoms with Crippen LogP contribution in [0.2, 0.25) is 0 Å². The van der Waals surface area contributed by atoms with E-state index in [-0.39, 0.29) is 16.9 Å². The summed E-state index contributed by atoms with van der Waals surface area (Å²) >= 11 is 0. The zero-order chi connectivity index (χ0) is 24.7. The summed E-state index contributed by atoms with van der Waals surface area (Å²) in [6.45, 7) is 19.8. The van der Waals surface area contributed by atoms with Crippen LogP contribution < -0.4 is 0 Å². The van der Waals surface area contributed by atoms with Gasteiger partial charge in [0.25, 0.3) is 0 Å². The molecule has 7 heteroatoms. The van der Waals surface area contributed by atoms with Crippen LogP contribution in [0.25, 0.3) is 0 Å². The Morgan fingerprint density at radius 1 is 0.812 bits per heavy atom. The van der Waals surface area contributed by atoms with Gasteiger partial charge in [-0.2, -0.15) is 0 Å². The first kappa shape index (κ1) is 29.9. The summed E-state index contributed by atoms with van der Waals surface area (Å²) in [5.41, 5.74) is 4.48. The first-order valence-corrected chi connectivity index (χ1v) is 14.1. The van der Waals surface area contributed by atoms with E-state index in [2.05, 4.69) is 74.4 Å². The van der Waals surface area contributed by atoms with Gasteiger partial charge < -0.3 is 19.2 Å². The molecule has 1 aromatic carbocycles. The minimum Gasteiger partial charge on any atom is -0.328 e. The maximum Gasteiger partial charge on any atom is 0.337 e. The molecule has 0 heterocycles. The number of hydrogen-bond acceptors (Lipinski definition) is 5.